The van der Waals surface area contributed by atoms with Gasteiger partial charge in [0.05, 0.1) is 11.4 Å². The van der Waals surface area contributed by atoms with E-state index in [0.29, 0.717) is 11.4 Å². The summed E-state index contributed by atoms with van der Waals surface area (Å²) < 4.78 is 2.95. The molecule has 2 rings (SSSR count). The predicted molar refractivity (Wildman–Crippen MR) is 72.5 cm³/mol. The van der Waals surface area contributed by atoms with Crippen molar-refractivity contribution in [1.29, 1.82) is 0 Å². The summed E-state index contributed by atoms with van der Waals surface area (Å²) in [6.07, 6.45) is 1.58. The average molecular weight is 276 g/mol. The summed E-state index contributed by atoms with van der Waals surface area (Å²) in [4.78, 5) is 23.9. The van der Waals surface area contributed by atoms with Gasteiger partial charge in [-0.25, -0.2) is 0 Å². The molecule has 0 fully saturated rings. The minimum atomic E-state index is -0.359. The van der Waals surface area contributed by atoms with Crippen LogP contribution in [0.15, 0.2) is 12.3 Å². The third-order valence-corrected chi connectivity index (χ3v) is 2.75. The Balaban J connectivity index is 2.28. The molecule has 0 radical (unpaired) electrons. The highest BCUT2D eigenvalue weighted by atomic mass is 16.2. The van der Waals surface area contributed by atoms with Crippen molar-refractivity contribution in [3.8, 4) is 0 Å². The molecule has 0 bridgehead atoms. The Bertz CT molecular complexity index is 670. The van der Waals surface area contributed by atoms with Gasteiger partial charge in [0, 0.05) is 27.3 Å². The fraction of sp³-hybridized carbons (Fsp3) is 0.333. The van der Waals surface area contributed by atoms with Crippen molar-refractivity contribution >= 4 is 17.5 Å². The molecule has 2 amide bonds. The Morgan fingerprint density at radius 2 is 1.90 bits per heavy atom. The van der Waals surface area contributed by atoms with E-state index in [2.05, 4.69) is 20.8 Å². The van der Waals surface area contributed by atoms with Gasteiger partial charge in [0.25, 0.3) is 11.8 Å². The SMILES string of the molecule is CNC(=O)c1nn(C)cc1NC(=O)c1cc(C)nn1C. The number of nitrogens with zero attached hydrogens (tertiary/aromatic N) is 4. The first-order valence-electron chi connectivity index (χ1n) is 6.00. The lowest BCUT2D eigenvalue weighted by Crippen LogP contribution is -2.22. The number of anilines is 1. The number of amides is 2. The molecule has 2 heterocycles. The highest BCUT2D eigenvalue weighted by molar-refractivity contribution is 6.07. The summed E-state index contributed by atoms with van der Waals surface area (Å²) in [7, 11) is 4.87. The number of hydrogen-bond acceptors (Lipinski definition) is 4. The van der Waals surface area contributed by atoms with E-state index < -0.39 is 0 Å². The standard InChI is InChI=1S/C12H16N6O2/c1-7-5-9(18(4)15-7)11(19)14-8-6-17(3)16-10(8)12(20)13-2/h5-6H,1-4H3,(H,13,20)(H,14,19). The van der Waals surface area contributed by atoms with Crippen molar-refractivity contribution in [2.45, 2.75) is 6.92 Å². The zero-order chi connectivity index (χ0) is 14.9. The van der Waals surface area contributed by atoms with Gasteiger partial charge >= 0.3 is 0 Å². The summed E-state index contributed by atoms with van der Waals surface area (Å²) in [6, 6.07) is 1.67. The molecule has 0 atom stereocenters. The first-order chi connectivity index (χ1) is 9.42. The monoisotopic (exact) mass is 276 g/mol. The van der Waals surface area contributed by atoms with E-state index in [1.165, 1.54) is 16.4 Å². The summed E-state index contributed by atoms with van der Waals surface area (Å²) in [6.45, 7) is 1.80. The molecular weight excluding hydrogens is 260 g/mol. The van der Waals surface area contributed by atoms with E-state index in [1.807, 2.05) is 0 Å². The Labute approximate surface area is 115 Å². The van der Waals surface area contributed by atoms with Crippen LogP contribution in [0.5, 0.6) is 0 Å². The molecule has 2 aromatic heterocycles. The smallest absolute Gasteiger partial charge is 0.274 e. The number of carbonyl (C=O) groups excluding carboxylic acids is 2. The van der Waals surface area contributed by atoms with E-state index in [9.17, 15) is 9.59 Å². The minimum Gasteiger partial charge on any atom is -0.354 e. The maximum absolute atomic E-state index is 12.2. The molecule has 8 nitrogen and oxygen atoms in total. The average Bonchev–Trinajstić information content (AvgIpc) is 2.91. The number of nitrogens with one attached hydrogen (secondary N) is 2. The summed E-state index contributed by atoms with van der Waals surface area (Å²) in [5.41, 5.74) is 1.68. The van der Waals surface area contributed by atoms with Crippen LogP contribution in [0, 0.1) is 6.92 Å². The number of rotatable bonds is 3. The van der Waals surface area contributed by atoms with Crippen LogP contribution in [0.25, 0.3) is 0 Å². The topological polar surface area (TPSA) is 93.8 Å². The number of carbonyl (C=O) groups is 2. The quantitative estimate of drug-likeness (QED) is 0.829. The molecule has 20 heavy (non-hydrogen) atoms. The maximum Gasteiger partial charge on any atom is 0.274 e. The number of hydrogen-bond donors (Lipinski definition) is 2. The number of aromatic nitrogens is 4. The maximum atomic E-state index is 12.2. The molecule has 0 saturated heterocycles. The van der Waals surface area contributed by atoms with Crippen molar-refractivity contribution in [3.05, 3.63) is 29.3 Å². The van der Waals surface area contributed by atoms with Gasteiger partial charge in [-0.3, -0.25) is 19.0 Å². The van der Waals surface area contributed by atoms with Crippen LogP contribution in [0.1, 0.15) is 26.7 Å². The van der Waals surface area contributed by atoms with Gasteiger partial charge in [-0.05, 0) is 13.0 Å². The minimum absolute atomic E-state index is 0.169. The highest BCUT2D eigenvalue weighted by Gasteiger charge is 2.19. The molecule has 8 heteroatoms. The Kier molecular flexibility index (Phi) is 3.55. The first-order valence-corrected chi connectivity index (χ1v) is 6.00. The summed E-state index contributed by atoms with van der Waals surface area (Å²) in [5.74, 6) is -0.701. The summed E-state index contributed by atoms with van der Waals surface area (Å²) >= 11 is 0. The lowest BCUT2D eigenvalue weighted by Gasteiger charge is -2.04. The molecule has 0 aliphatic carbocycles. The molecular formula is C12H16N6O2. The van der Waals surface area contributed by atoms with Crippen LogP contribution < -0.4 is 10.6 Å². The molecule has 0 aromatic carbocycles. The van der Waals surface area contributed by atoms with E-state index in [1.54, 1.807) is 33.3 Å². The van der Waals surface area contributed by atoms with Crippen LogP contribution in [-0.2, 0) is 14.1 Å². The van der Waals surface area contributed by atoms with Crippen molar-refractivity contribution in [1.82, 2.24) is 24.9 Å². The predicted octanol–water partition coefficient (Wildman–Crippen LogP) is 0.0739. The Hall–Kier alpha value is -2.64. The van der Waals surface area contributed by atoms with Gasteiger partial charge < -0.3 is 10.6 Å². The zero-order valence-corrected chi connectivity index (χ0v) is 11.8. The fourth-order valence-electron chi connectivity index (χ4n) is 1.88. The van der Waals surface area contributed by atoms with Crippen LogP contribution in [0.4, 0.5) is 5.69 Å². The van der Waals surface area contributed by atoms with Crippen molar-refractivity contribution in [2.24, 2.45) is 14.1 Å². The normalized spacial score (nSPS) is 10.4. The van der Waals surface area contributed by atoms with Crippen molar-refractivity contribution in [3.63, 3.8) is 0 Å². The van der Waals surface area contributed by atoms with E-state index in [0.717, 1.165) is 5.69 Å². The van der Waals surface area contributed by atoms with E-state index >= 15 is 0 Å². The van der Waals surface area contributed by atoms with Crippen LogP contribution >= 0.6 is 0 Å². The van der Waals surface area contributed by atoms with Gasteiger partial charge in [-0.2, -0.15) is 10.2 Å². The second-order valence-corrected chi connectivity index (χ2v) is 4.39. The van der Waals surface area contributed by atoms with Crippen molar-refractivity contribution in [2.75, 3.05) is 12.4 Å². The van der Waals surface area contributed by atoms with Crippen LogP contribution in [-0.4, -0.2) is 38.4 Å². The van der Waals surface area contributed by atoms with E-state index in [-0.39, 0.29) is 17.5 Å². The lowest BCUT2D eigenvalue weighted by atomic mass is 10.3. The molecule has 106 valence electrons. The molecule has 0 unspecified atom stereocenters. The summed E-state index contributed by atoms with van der Waals surface area (Å²) in [5, 5.41) is 13.3. The largest absolute Gasteiger partial charge is 0.354 e. The van der Waals surface area contributed by atoms with E-state index in [4.69, 9.17) is 0 Å². The van der Waals surface area contributed by atoms with Gasteiger partial charge in [-0.1, -0.05) is 0 Å². The fourth-order valence-corrected chi connectivity index (χ4v) is 1.88. The van der Waals surface area contributed by atoms with Gasteiger partial charge in [0.1, 0.15) is 5.69 Å². The molecule has 0 aliphatic heterocycles. The number of aryl methyl sites for hydroxylation is 3. The second-order valence-electron chi connectivity index (χ2n) is 4.39. The second kappa shape index (κ2) is 5.16. The van der Waals surface area contributed by atoms with Gasteiger partial charge in [0.15, 0.2) is 5.69 Å². The molecule has 2 N–H and O–H groups in total. The zero-order valence-electron chi connectivity index (χ0n) is 11.8. The third-order valence-electron chi connectivity index (χ3n) is 2.75. The van der Waals surface area contributed by atoms with Gasteiger partial charge in [-0.15, -0.1) is 0 Å². The van der Waals surface area contributed by atoms with Crippen LogP contribution in [0.3, 0.4) is 0 Å². The first kappa shape index (κ1) is 13.8. The van der Waals surface area contributed by atoms with Gasteiger partial charge in [0.2, 0.25) is 0 Å². The molecule has 0 saturated carbocycles. The Morgan fingerprint density at radius 3 is 2.45 bits per heavy atom. The van der Waals surface area contributed by atoms with Crippen molar-refractivity contribution < 1.29 is 9.59 Å². The molecule has 2 aromatic rings. The lowest BCUT2D eigenvalue weighted by molar-refractivity contribution is 0.0958. The van der Waals surface area contributed by atoms with Crippen LogP contribution in [0.2, 0.25) is 0 Å². The Morgan fingerprint density at radius 1 is 1.20 bits per heavy atom. The third kappa shape index (κ3) is 2.53. The molecule has 0 spiro atoms. The highest BCUT2D eigenvalue weighted by Crippen LogP contribution is 2.14. The molecule has 0 aliphatic rings.